The van der Waals surface area contributed by atoms with Gasteiger partial charge in [-0.25, -0.2) is 4.79 Å². The summed E-state index contributed by atoms with van der Waals surface area (Å²) in [6.45, 7) is 0. The fourth-order valence-electron chi connectivity index (χ4n) is 0.925. The lowest BCUT2D eigenvalue weighted by atomic mass is 10.2. The lowest BCUT2D eigenvalue weighted by Crippen LogP contribution is -1.96. The Morgan fingerprint density at radius 2 is 2.33 bits per heavy atom. The van der Waals surface area contributed by atoms with Gasteiger partial charge in [-0.15, -0.1) is 11.3 Å². The van der Waals surface area contributed by atoms with E-state index in [0.29, 0.717) is 0 Å². The summed E-state index contributed by atoms with van der Waals surface area (Å²) in [5.41, 5.74) is 0.779. The third-order valence-electron chi connectivity index (χ3n) is 1.65. The number of carbonyl (C=O) groups is 2. The first-order valence-corrected chi connectivity index (χ1v) is 5.06. The molecule has 15 heavy (non-hydrogen) atoms. The normalized spacial score (nSPS) is 10.5. The van der Waals surface area contributed by atoms with Crippen LogP contribution in [-0.4, -0.2) is 24.2 Å². The summed E-state index contributed by atoms with van der Waals surface area (Å²) >= 11 is 1.16. The minimum atomic E-state index is -0.937. The average Bonchev–Trinajstić information content (AvgIpc) is 2.66. The Balaban J connectivity index is 2.57. The van der Waals surface area contributed by atoms with Crippen molar-refractivity contribution in [2.45, 2.75) is 6.42 Å². The Bertz CT molecular complexity index is 392. The molecule has 0 unspecified atom stereocenters. The fraction of sp³-hybridized carbons (Fsp3) is 0.200. The van der Waals surface area contributed by atoms with Gasteiger partial charge < -0.3 is 9.84 Å². The number of carboxylic acids is 1. The first-order valence-electron chi connectivity index (χ1n) is 4.18. The van der Waals surface area contributed by atoms with Gasteiger partial charge in [-0.2, -0.15) is 0 Å². The zero-order valence-electron chi connectivity index (χ0n) is 8.10. The lowest BCUT2D eigenvalue weighted by Gasteiger charge is -1.91. The van der Waals surface area contributed by atoms with Crippen molar-refractivity contribution in [3.05, 3.63) is 28.0 Å². The number of rotatable bonds is 4. The molecule has 1 aromatic heterocycles. The molecular formula is C10H10O4S. The second-order valence-corrected chi connectivity index (χ2v) is 3.64. The van der Waals surface area contributed by atoms with Crippen LogP contribution >= 0.6 is 11.3 Å². The third kappa shape index (κ3) is 3.55. The Kier molecular flexibility index (Phi) is 4.05. The van der Waals surface area contributed by atoms with Gasteiger partial charge in [0.1, 0.15) is 4.88 Å². The van der Waals surface area contributed by atoms with Gasteiger partial charge in [0.25, 0.3) is 0 Å². The summed E-state index contributed by atoms with van der Waals surface area (Å²) in [4.78, 5) is 21.6. The Morgan fingerprint density at radius 1 is 1.60 bits per heavy atom. The van der Waals surface area contributed by atoms with E-state index in [1.807, 2.05) is 0 Å². The number of hydrogen-bond donors (Lipinski definition) is 1. The SMILES string of the molecule is COC(=O)CC=Cc1csc(C(=O)O)c1. The van der Waals surface area contributed by atoms with Crippen LogP contribution in [0.25, 0.3) is 6.08 Å². The van der Waals surface area contributed by atoms with E-state index in [0.717, 1.165) is 16.9 Å². The summed E-state index contributed by atoms with van der Waals surface area (Å²) in [7, 11) is 1.32. The third-order valence-corrected chi connectivity index (χ3v) is 2.59. The number of esters is 1. The van der Waals surface area contributed by atoms with E-state index >= 15 is 0 Å². The van der Waals surface area contributed by atoms with Crippen molar-refractivity contribution in [1.29, 1.82) is 0 Å². The topological polar surface area (TPSA) is 63.6 Å². The van der Waals surface area contributed by atoms with Gasteiger partial charge in [0.2, 0.25) is 0 Å². The van der Waals surface area contributed by atoms with Crippen LogP contribution < -0.4 is 0 Å². The van der Waals surface area contributed by atoms with E-state index in [9.17, 15) is 9.59 Å². The van der Waals surface area contributed by atoms with Gasteiger partial charge in [-0.3, -0.25) is 4.79 Å². The number of aromatic carboxylic acids is 1. The van der Waals surface area contributed by atoms with Crippen LogP contribution in [0, 0.1) is 0 Å². The fourth-order valence-corrected chi connectivity index (χ4v) is 1.64. The van der Waals surface area contributed by atoms with E-state index in [2.05, 4.69) is 4.74 Å². The first kappa shape index (κ1) is 11.5. The van der Waals surface area contributed by atoms with Gasteiger partial charge >= 0.3 is 11.9 Å². The molecule has 0 aliphatic rings. The second kappa shape index (κ2) is 5.31. The summed E-state index contributed by atoms with van der Waals surface area (Å²) in [5.74, 6) is -1.26. The van der Waals surface area contributed by atoms with Gasteiger partial charge in [0, 0.05) is 0 Å². The second-order valence-electron chi connectivity index (χ2n) is 2.73. The van der Waals surface area contributed by atoms with Crippen molar-refractivity contribution < 1.29 is 19.4 Å². The van der Waals surface area contributed by atoms with Crippen molar-refractivity contribution in [2.24, 2.45) is 0 Å². The molecule has 0 fully saturated rings. The van der Waals surface area contributed by atoms with Crippen LogP contribution in [0.5, 0.6) is 0 Å². The molecule has 0 saturated heterocycles. The molecule has 5 heteroatoms. The van der Waals surface area contributed by atoms with Crippen LogP contribution in [0.1, 0.15) is 21.7 Å². The molecule has 0 atom stereocenters. The monoisotopic (exact) mass is 226 g/mol. The molecule has 1 N–H and O–H groups in total. The Morgan fingerprint density at radius 3 is 2.87 bits per heavy atom. The van der Waals surface area contributed by atoms with Gasteiger partial charge in [-0.1, -0.05) is 12.2 Å². The highest BCUT2D eigenvalue weighted by Gasteiger charge is 2.04. The van der Waals surface area contributed by atoms with E-state index < -0.39 is 5.97 Å². The number of ether oxygens (including phenoxy) is 1. The van der Waals surface area contributed by atoms with Crippen molar-refractivity contribution in [2.75, 3.05) is 7.11 Å². The molecule has 0 aromatic carbocycles. The first-order chi connectivity index (χ1) is 7.13. The van der Waals surface area contributed by atoms with Gasteiger partial charge in [0.05, 0.1) is 13.5 Å². The highest BCUT2D eigenvalue weighted by Crippen LogP contribution is 2.15. The zero-order valence-corrected chi connectivity index (χ0v) is 8.91. The molecule has 1 heterocycles. The molecule has 80 valence electrons. The minimum absolute atomic E-state index is 0.189. The molecule has 0 amide bonds. The maximum Gasteiger partial charge on any atom is 0.345 e. The summed E-state index contributed by atoms with van der Waals surface area (Å²) in [6.07, 6.45) is 3.52. The molecule has 0 radical (unpaired) electrons. The van der Waals surface area contributed by atoms with E-state index in [4.69, 9.17) is 5.11 Å². The van der Waals surface area contributed by atoms with Gasteiger partial charge in [-0.05, 0) is 17.0 Å². The van der Waals surface area contributed by atoms with Crippen LogP contribution in [0.2, 0.25) is 0 Å². The van der Waals surface area contributed by atoms with Crippen molar-refractivity contribution in [3.63, 3.8) is 0 Å². The summed E-state index contributed by atoms with van der Waals surface area (Å²) < 4.78 is 4.45. The Hall–Kier alpha value is -1.62. The van der Waals surface area contributed by atoms with Crippen LogP contribution in [0.15, 0.2) is 17.5 Å². The number of thiophene rings is 1. The number of carboxylic acid groups (broad SMARTS) is 1. The average molecular weight is 226 g/mol. The summed E-state index contributed by atoms with van der Waals surface area (Å²) in [5, 5.41) is 10.4. The zero-order chi connectivity index (χ0) is 11.3. The molecule has 1 aromatic rings. The highest BCUT2D eigenvalue weighted by molar-refractivity contribution is 7.12. The van der Waals surface area contributed by atoms with Crippen molar-refractivity contribution >= 4 is 29.4 Å². The lowest BCUT2D eigenvalue weighted by molar-refractivity contribution is -0.139. The van der Waals surface area contributed by atoms with Crippen LogP contribution in [-0.2, 0) is 9.53 Å². The van der Waals surface area contributed by atoms with E-state index in [1.165, 1.54) is 7.11 Å². The smallest absolute Gasteiger partial charge is 0.345 e. The number of carbonyl (C=O) groups excluding carboxylic acids is 1. The predicted molar refractivity (Wildman–Crippen MR) is 56.9 cm³/mol. The molecule has 0 aliphatic carbocycles. The van der Waals surface area contributed by atoms with Crippen molar-refractivity contribution in [1.82, 2.24) is 0 Å². The number of hydrogen-bond acceptors (Lipinski definition) is 4. The quantitative estimate of drug-likeness (QED) is 0.798. The molecule has 0 bridgehead atoms. The predicted octanol–water partition coefficient (Wildman–Crippen LogP) is 2.02. The van der Waals surface area contributed by atoms with E-state index in [-0.39, 0.29) is 17.3 Å². The minimum Gasteiger partial charge on any atom is -0.477 e. The van der Waals surface area contributed by atoms with Crippen molar-refractivity contribution in [3.8, 4) is 0 Å². The van der Waals surface area contributed by atoms with Crippen LogP contribution in [0.3, 0.4) is 0 Å². The Labute approximate surface area is 90.8 Å². The molecule has 1 rings (SSSR count). The molecule has 0 aliphatic heterocycles. The van der Waals surface area contributed by atoms with Crippen LogP contribution in [0.4, 0.5) is 0 Å². The highest BCUT2D eigenvalue weighted by atomic mass is 32.1. The number of methoxy groups -OCH3 is 1. The standard InChI is InChI=1S/C10H10O4S/c1-14-9(11)4-2-3-7-5-8(10(12)13)15-6-7/h2-3,5-6H,4H2,1H3,(H,12,13). The maximum atomic E-state index is 10.8. The molecule has 0 spiro atoms. The van der Waals surface area contributed by atoms with Gasteiger partial charge in [0.15, 0.2) is 0 Å². The maximum absolute atomic E-state index is 10.8. The largest absolute Gasteiger partial charge is 0.477 e. The molecular weight excluding hydrogens is 216 g/mol. The molecule has 4 nitrogen and oxygen atoms in total. The summed E-state index contributed by atoms with van der Waals surface area (Å²) in [6, 6.07) is 1.56. The van der Waals surface area contributed by atoms with E-state index in [1.54, 1.807) is 23.6 Å². The molecule has 0 saturated carbocycles.